The second-order valence-corrected chi connectivity index (χ2v) is 8.27. The summed E-state index contributed by atoms with van der Waals surface area (Å²) in [6, 6.07) is 12.0. The second-order valence-electron chi connectivity index (χ2n) is 8.27. The molecule has 2 aromatic carbocycles. The van der Waals surface area contributed by atoms with Crippen molar-refractivity contribution in [3.63, 3.8) is 0 Å². The van der Waals surface area contributed by atoms with Crippen LogP contribution in [0.3, 0.4) is 0 Å². The number of nitrogens with two attached hydrogens (primary N) is 2. The molecule has 2 rings (SSSR count). The summed E-state index contributed by atoms with van der Waals surface area (Å²) in [7, 11) is 0. The molecule has 0 aliphatic rings. The Hall–Kier alpha value is -4.60. The highest BCUT2D eigenvalue weighted by atomic mass is 16.6. The molecule has 10 heteroatoms. The smallest absolute Gasteiger partial charge is 0.338 e. The maximum absolute atomic E-state index is 12.0. The summed E-state index contributed by atoms with van der Waals surface area (Å²) in [5.41, 5.74) is 13.7. The molecule has 0 heterocycles. The van der Waals surface area contributed by atoms with Gasteiger partial charge < -0.3 is 35.2 Å². The number of rotatable bonds is 15. The van der Waals surface area contributed by atoms with E-state index in [4.69, 9.17) is 35.2 Å². The lowest BCUT2D eigenvalue weighted by Gasteiger charge is -2.08. The highest BCUT2D eigenvalue weighted by Crippen LogP contribution is 2.16. The molecule has 0 saturated carbocycles. The van der Waals surface area contributed by atoms with Gasteiger partial charge in [0.1, 0.15) is 25.8 Å². The van der Waals surface area contributed by atoms with Crippen molar-refractivity contribution in [1.82, 2.24) is 0 Å². The third-order valence-corrected chi connectivity index (χ3v) is 4.96. The van der Waals surface area contributed by atoms with Crippen molar-refractivity contribution in [2.45, 2.75) is 32.6 Å². The Morgan fingerprint density at radius 2 is 1.38 bits per heavy atom. The summed E-state index contributed by atoms with van der Waals surface area (Å²) in [4.78, 5) is 43.0. The van der Waals surface area contributed by atoms with Crippen molar-refractivity contribution in [1.29, 1.82) is 0 Å². The van der Waals surface area contributed by atoms with Gasteiger partial charge in [-0.3, -0.25) is 0 Å². The van der Waals surface area contributed by atoms with E-state index in [-0.39, 0.29) is 18.8 Å². The Balaban J connectivity index is 0.00000371. The molecule has 2 aromatic rings. The Labute approximate surface area is 228 Å². The van der Waals surface area contributed by atoms with Crippen LogP contribution >= 0.6 is 0 Å². The number of carbonyl (C=O) groups is 4. The number of ether oxygens (including phenoxy) is 4. The van der Waals surface area contributed by atoms with Gasteiger partial charge in [-0.1, -0.05) is 18.7 Å². The Morgan fingerprint density at radius 3 is 2.00 bits per heavy atom. The molecule has 0 atom stereocenters. The number of carbonyl (C=O) groups excluding carboxylic acids is 4. The van der Waals surface area contributed by atoms with Gasteiger partial charge >= 0.3 is 17.9 Å². The van der Waals surface area contributed by atoms with Gasteiger partial charge in [-0.15, -0.1) is 0 Å². The van der Waals surface area contributed by atoms with Crippen LogP contribution < -0.4 is 16.2 Å². The van der Waals surface area contributed by atoms with Crippen molar-refractivity contribution in [2.75, 3.05) is 37.9 Å². The Kier molecular flexibility index (Phi) is 15.5. The van der Waals surface area contributed by atoms with Crippen LogP contribution in [0.2, 0.25) is 0 Å². The summed E-state index contributed by atoms with van der Waals surface area (Å²) in [5.74, 6) is -0.752. The minimum absolute atomic E-state index is 0.0229. The lowest BCUT2D eigenvalue weighted by Crippen LogP contribution is -2.12. The van der Waals surface area contributed by atoms with E-state index < -0.39 is 17.9 Å². The summed E-state index contributed by atoms with van der Waals surface area (Å²) < 4.78 is 20.8. The van der Waals surface area contributed by atoms with E-state index in [1.807, 2.05) is 31.1 Å². The van der Waals surface area contributed by atoms with E-state index in [0.717, 1.165) is 37.0 Å². The van der Waals surface area contributed by atoms with Crippen molar-refractivity contribution in [2.24, 2.45) is 0 Å². The lowest BCUT2D eigenvalue weighted by atomic mass is 10.2. The molecule has 39 heavy (non-hydrogen) atoms. The fourth-order valence-electron chi connectivity index (χ4n) is 3.08. The zero-order valence-electron chi connectivity index (χ0n) is 22.2. The summed E-state index contributed by atoms with van der Waals surface area (Å²) in [6.07, 6.45) is 6.41. The van der Waals surface area contributed by atoms with Gasteiger partial charge in [-0.25, -0.2) is 14.4 Å². The van der Waals surface area contributed by atoms with Gasteiger partial charge in [0.15, 0.2) is 0 Å². The Bertz CT molecular complexity index is 1090. The summed E-state index contributed by atoms with van der Waals surface area (Å²) in [6.45, 7) is 7.86. The fraction of sp³-hybridized carbons (Fsp3) is 0.310. The minimum atomic E-state index is -0.532. The molecule has 0 amide bonds. The number of hydrogen-bond donors (Lipinski definition) is 2. The van der Waals surface area contributed by atoms with E-state index in [0.29, 0.717) is 30.2 Å². The fourth-order valence-corrected chi connectivity index (χ4v) is 3.08. The van der Waals surface area contributed by atoms with Gasteiger partial charge in [0.2, 0.25) is 0 Å². The summed E-state index contributed by atoms with van der Waals surface area (Å²) in [5, 5.41) is 0. The first-order valence-corrected chi connectivity index (χ1v) is 12.3. The molecular weight excluding hydrogens is 504 g/mol. The number of hydrogen-bond acceptors (Lipinski definition) is 10. The molecule has 4 N–H and O–H groups in total. The maximum Gasteiger partial charge on any atom is 0.338 e. The molecule has 210 valence electrons. The van der Waals surface area contributed by atoms with Gasteiger partial charge in [-0.2, -0.15) is 0 Å². The van der Waals surface area contributed by atoms with Crippen LogP contribution in [0.25, 0.3) is 6.08 Å². The van der Waals surface area contributed by atoms with Gasteiger partial charge in [-0.05, 0) is 74.6 Å². The molecule has 10 nitrogen and oxygen atoms in total. The number of benzene rings is 2. The maximum atomic E-state index is 12.0. The quantitative estimate of drug-likeness (QED) is 0.111. The van der Waals surface area contributed by atoms with Crippen LogP contribution in [0.5, 0.6) is 5.75 Å². The monoisotopic (exact) mass is 540 g/mol. The van der Waals surface area contributed by atoms with Crippen molar-refractivity contribution >= 4 is 42.1 Å². The van der Waals surface area contributed by atoms with Gasteiger partial charge in [0.05, 0.1) is 18.8 Å². The van der Waals surface area contributed by atoms with Crippen LogP contribution in [0.15, 0.2) is 60.7 Å². The predicted molar refractivity (Wildman–Crippen MR) is 149 cm³/mol. The molecule has 0 spiro atoms. The minimum Gasteiger partial charge on any atom is -0.494 e. The molecule has 0 fully saturated rings. The average molecular weight is 541 g/mol. The summed E-state index contributed by atoms with van der Waals surface area (Å²) >= 11 is 0. The molecule has 0 saturated heterocycles. The van der Waals surface area contributed by atoms with E-state index >= 15 is 0 Å². The van der Waals surface area contributed by atoms with Crippen LogP contribution in [-0.4, -0.2) is 51.1 Å². The highest BCUT2D eigenvalue weighted by molar-refractivity contribution is 5.91. The van der Waals surface area contributed by atoms with Crippen LogP contribution in [0.1, 0.15) is 48.5 Å². The number of anilines is 2. The van der Waals surface area contributed by atoms with Gasteiger partial charge in [0.25, 0.3) is 0 Å². The van der Waals surface area contributed by atoms with Crippen LogP contribution in [0, 0.1) is 0 Å². The standard InChI is InChI=1S/C28H34N2O7.CH2O/c1-20(2)27(32)37-16-15-35-26(31)12-9-21-7-10-25(11-8-21)34-13-5-3-4-6-14-36-28(33)22-17-23(29)19-24(30)18-22;1-2/h7-12,17-19H,1,3-6,13-16,29-30H2,2H3;1H2/b12-9+;. The van der Waals surface area contributed by atoms with Crippen LogP contribution in [-0.2, 0) is 28.6 Å². The first-order chi connectivity index (χ1) is 18.7. The van der Waals surface area contributed by atoms with Crippen molar-refractivity contribution in [3.8, 4) is 5.75 Å². The zero-order valence-corrected chi connectivity index (χ0v) is 22.2. The molecular formula is C29H36N2O8. The van der Waals surface area contributed by atoms with E-state index in [1.54, 1.807) is 31.2 Å². The third kappa shape index (κ3) is 14.1. The van der Waals surface area contributed by atoms with Crippen molar-refractivity contribution < 1.29 is 38.1 Å². The normalized spacial score (nSPS) is 10.2. The molecule has 0 bridgehead atoms. The largest absolute Gasteiger partial charge is 0.494 e. The third-order valence-electron chi connectivity index (χ3n) is 4.96. The number of nitrogen functional groups attached to an aromatic ring is 2. The van der Waals surface area contributed by atoms with E-state index in [9.17, 15) is 14.4 Å². The zero-order chi connectivity index (χ0) is 29.0. The van der Waals surface area contributed by atoms with Gasteiger partial charge in [0, 0.05) is 23.0 Å². The topological polar surface area (TPSA) is 157 Å². The molecule has 0 radical (unpaired) electrons. The van der Waals surface area contributed by atoms with Crippen molar-refractivity contribution in [3.05, 3.63) is 71.8 Å². The van der Waals surface area contributed by atoms with E-state index in [2.05, 4.69) is 6.58 Å². The van der Waals surface area contributed by atoms with E-state index in [1.165, 1.54) is 6.08 Å². The van der Waals surface area contributed by atoms with Crippen LogP contribution in [0.4, 0.5) is 11.4 Å². The number of unbranched alkanes of at least 4 members (excludes halogenated alkanes) is 3. The lowest BCUT2D eigenvalue weighted by molar-refractivity contribution is -0.146. The highest BCUT2D eigenvalue weighted by Gasteiger charge is 2.08. The average Bonchev–Trinajstić information content (AvgIpc) is 2.92. The molecule has 0 aliphatic carbocycles. The molecule has 0 aromatic heterocycles. The first-order valence-electron chi connectivity index (χ1n) is 12.3. The SMILES string of the molecule is C=C(C)C(=O)OCCOC(=O)/C=C/c1ccc(OCCCCCCOC(=O)c2cc(N)cc(N)c2)cc1.C=O. The number of esters is 3. The first kappa shape index (κ1) is 32.4. The Morgan fingerprint density at radius 1 is 0.795 bits per heavy atom. The predicted octanol–water partition coefficient (Wildman–Crippen LogP) is 4.14. The molecule has 0 aliphatic heterocycles. The second kappa shape index (κ2) is 18.6. The molecule has 0 unspecified atom stereocenters.